The van der Waals surface area contributed by atoms with E-state index in [1.807, 2.05) is 0 Å². The molecule has 1 atom stereocenters. The second-order valence-corrected chi connectivity index (χ2v) is 4.93. The van der Waals surface area contributed by atoms with Crippen molar-refractivity contribution in [3.05, 3.63) is 35.1 Å². The van der Waals surface area contributed by atoms with Gasteiger partial charge in [0.1, 0.15) is 0 Å². The maximum atomic E-state index is 13.6. The Balaban J connectivity index is 2.79. The Morgan fingerprint density at radius 2 is 1.72 bits per heavy atom. The van der Waals surface area contributed by atoms with E-state index in [4.69, 9.17) is 0 Å². The number of nitrogens with one attached hydrogen (secondary N) is 1. The Kier molecular flexibility index (Phi) is 5.66. The lowest BCUT2D eigenvalue weighted by Crippen LogP contribution is -2.18. The molecule has 0 aliphatic heterocycles. The van der Waals surface area contributed by atoms with Gasteiger partial charge in [-0.3, -0.25) is 0 Å². The fourth-order valence-electron chi connectivity index (χ4n) is 2.00. The summed E-state index contributed by atoms with van der Waals surface area (Å²) in [4.78, 5) is 0. The van der Waals surface area contributed by atoms with Crippen LogP contribution in [0.3, 0.4) is 0 Å². The monoisotopic (exact) mass is 259 g/mol. The van der Waals surface area contributed by atoms with E-state index in [2.05, 4.69) is 19.2 Å². The van der Waals surface area contributed by atoms with Crippen LogP contribution in [-0.2, 0) is 0 Å². The lowest BCUT2D eigenvalue weighted by molar-refractivity contribution is 0.415. The summed E-state index contributed by atoms with van der Waals surface area (Å²) in [6, 6.07) is 2.00. The van der Waals surface area contributed by atoms with Crippen LogP contribution in [0, 0.1) is 23.4 Å². The predicted molar refractivity (Wildman–Crippen MR) is 66.8 cm³/mol. The summed E-state index contributed by atoms with van der Waals surface area (Å²) in [5.41, 5.74) is 0.195. The Morgan fingerprint density at radius 3 is 2.28 bits per heavy atom. The molecule has 4 heteroatoms. The minimum atomic E-state index is -1.39. The lowest BCUT2D eigenvalue weighted by atomic mass is 9.97. The average Bonchev–Trinajstić information content (AvgIpc) is 2.33. The van der Waals surface area contributed by atoms with Crippen molar-refractivity contribution in [3.63, 3.8) is 0 Å². The highest BCUT2D eigenvalue weighted by atomic mass is 19.2. The second-order valence-electron chi connectivity index (χ2n) is 4.93. The fourth-order valence-corrected chi connectivity index (χ4v) is 2.00. The van der Waals surface area contributed by atoms with E-state index in [1.165, 1.54) is 6.07 Å². The van der Waals surface area contributed by atoms with E-state index in [0.717, 1.165) is 18.9 Å². The van der Waals surface area contributed by atoms with Gasteiger partial charge in [-0.1, -0.05) is 32.8 Å². The Hall–Kier alpha value is -1.03. The first-order valence-corrected chi connectivity index (χ1v) is 6.28. The molecular weight excluding hydrogens is 239 g/mol. The van der Waals surface area contributed by atoms with Crippen molar-refractivity contribution in [1.29, 1.82) is 0 Å². The minimum absolute atomic E-state index is 0.195. The summed E-state index contributed by atoms with van der Waals surface area (Å²) in [6.45, 7) is 4.24. The SMILES string of the molecule is CNC(CCCC(C)C)c1ccc(F)c(F)c1F. The van der Waals surface area contributed by atoms with Crippen molar-refractivity contribution in [2.45, 2.75) is 39.2 Å². The van der Waals surface area contributed by atoms with Gasteiger partial charge >= 0.3 is 0 Å². The van der Waals surface area contributed by atoms with E-state index >= 15 is 0 Å². The highest BCUT2D eigenvalue weighted by Gasteiger charge is 2.19. The van der Waals surface area contributed by atoms with Crippen LogP contribution < -0.4 is 5.32 Å². The third-order valence-electron chi connectivity index (χ3n) is 3.06. The highest BCUT2D eigenvalue weighted by molar-refractivity contribution is 5.23. The number of benzene rings is 1. The van der Waals surface area contributed by atoms with E-state index in [0.29, 0.717) is 12.3 Å². The first kappa shape index (κ1) is 15.0. The van der Waals surface area contributed by atoms with Crippen LogP contribution in [-0.4, -0.2) is 7.05 Å². The standard InChI is InChI=1S/C14H20F3N/c1-9(2)5-4-6-12(18-3)10-7-8-11(15)14(17)13(10)16/h7-9,12,18H,4-6H2,1-3H3. The molecule has 0 spiro atoms. The van der Waals surface area contributed by atoms with Gasteiger partial charge in [0, 0.05) is 11.6 Å². The van der Waals surface area contributed by atoms with E-state index in [1.54, 1.807) is 7.05 Å². The first-order chi connectivity index (χ1) is 8.47. The maximum Gasteiger partial charge on any atom is 0.194 e. The second kappa shape index (κ2) is 6.78. The molecule has 0 aliphatic rings. The molecule has 0 bridgehead atoms. The van der Waals surface area contributed by atoms with Crippen molar-refractivity contribution in [1.82, 2.24) is 5.32 Å². The molecule has 1 aromatic carbocycles. The average molecular weight is 259 g/mol. The zero-order valence-corrected chi connectivity index (χ0v) is 11.1. The molecular formula is C14H20F3N. The van der Waals surface area contributed by atoms with Crippen LogP contribution in [0.4, 0.5) is 13.2 Å². The van der Waals surface area contributed by atoms with Crippen molar-refractivity contribution in [3.8, 4) is 0 Å². The molecule has 1 nitrogen and oxygen atoms in total. The number of halogens is 3. The van der Waals surface area contributed by atoms with Gasteiger partial charge in [0.2, 0.25) is 0 Å². The molecule has 1 unspecified atom stereocenters. The van der Waals surface area contributed by atoms with Gasteiger partial charge in [-0.2, -0.15) is 0 Å². The van der Waals surface area contributed by atoms with E-state index in [9.17, 15) is 13.2 Å². The van der Waals surface area contributed by atoms with Gasteiger partial charge < -0.3 is 5.32 Å². The van der Waals surface area contributed by atoms with Crippen molar-refractivity contribution in [2.75, 3.05) is 7.05 Å². The molecule has 0 saturated carbocycles. The highest BCUT2D eigenvalue weighted by Crippen LogP contribution is 2.25. The Morgan fingerprint density at radius 1 is 1.06 bits per heavy atom. The molecule has 0 aliphatic carbocycles. The normalized spacial score (nSPS) is 13.1. The van der Waals surface area contributed by atoms with Crippen LogP contribution in [0.15, 0.2) is 12.1 Å². The van der Waals surface area contributed by atoms with Crippen LogP contribution >= 0.6 is 0 Å². The van der Waals surface area contributed by atoms with E-state index in [-0.39, 0.29) is 11.6 Å². The molecule has 0 aromatic heterocycles. The zero-order chi connectivity index (χ0) is 13.7. The third kappa shape index (κ3) is 3.73. The van der Waals surface area contributed by atoms with Gasteiger partial charge in [0.25, 0.3) is 0 Å². The van der Waals surface area contributed by atoms with Crippen molar-refractivity contribution in [2.24, 2.45) is 5.92 Å². The van der Waals surface area contributed by atoms with Crippen molar-refractivity contribution >= 4 is 0 Å². The quantitative estimate of drug-likeness (QED) is 0.755. The van der Waals surface area contributed by atoms with Gasteiger partial charge in [0.05, 0.1) is 0 Å². The molecule has 1 N–H and O–H groups in total. The predicted octanol–water partition coefficient (Wildman–Crippen LogP) is 4.19. The Bertz CT molecular complexity index is 391. The molecule has 0 amide bonds. The summed E-state index contributed by atoms with van der Waals surface area (Å²) in [6.07, 6.45) is 2.65. The number of rotatable bonds is 6. The van der Waals surface area contributed by atoms with Gasteiger partial charge in [-0.25, -0.2) is 13.2 Å². The number of hydrogen-bond acceptors (Lipinski definition) is 1. The Labute approximate surface area is 106 Å². The summed E-state index contributed by atoms with van der Waals surface area (Å²) in [5.74, 6) is -3.04. The lowest BCUT2D eigenvalue weighted by Gasteiger charge is -2.18. The molecule has 0 heterocycles. The first-order valence-electron chi connectivity index (χ1n) is 6.28. The molecule has 1 aromatic rings. The largest absolute Gasteiger partial charge is 0.313 e. The minimum Gasteiger partial charge on any atom is -0.313 e. The molecule has 0 radical (unpaired) electrons. The molecule has 0 fully saturated rings. The van der Waals surface area contributed by atoms with Gasteiger partial charge in [-0.15, -0.1) is 0 Å². The third-order valence-corrected chi connectivity index (χ3v) is 3.06. The smallest absolute Gasteiger partial charge is 0.194 e. The summed E-state index contributed by atoms with van der Waals surface area (Å²) in [5, 5.41) is 2.95. The van der Waals surface area contributed by atoms with Crippen LogP contribution in [0.25, 0.3) is 0 Å². The van der Waals surface area contributed by atoms with Crippen molar-refractivity contribution < 1.29 is 13.2 Å². The zero-order valence-electron chi connectivity index (χ0n) is 11.1. The summed E-state index contributed by atoms with van der Waals surface area (Å²) < 4.78 is 39.6. The topological polar surface area (TPSA) is 12.0 Å². The fraction of sp³-hybridized carbons (Fsp3) is 0.571. The van der Waals surface area contributed by atoms with Crippen LogP contribution in [0.1, 0.15) is 44.7 Å². The van der Waals surface area contributed by atoms with Gasteiger partial charge in [-0.05, 0) is 25.5 Å². The molecule has 18 heavy (non-hydrogen) atoms. The molecule has 102 valence electrons. The van der Waals surface area contributed by atoms with Crippen LogP contribution in [0.2, 0.25) is 0 Å². The summed E-state index contributed by atoms with van der Waals surface area (Å²) >= 11 is 0. The van der Waals surface area contributed by atoms with E-state index < -0.39 is 17.5 Å². The molecule has 0 saturated heterocycles. The maximum absolute atomic E-state index is 13.6. The van der Waals surface area contributed by atoms with Gasteiger partial charge in [0.15, 0.2) is 17.5 Å². The summed E-state index contributed by atoms with van der Waals surface area (Å²) in [7, 11) is 1.70. The van der Waals surface area contributed by atoms with Crippen LogP contribution in [0.5, 0.6) is 0 Å². The number of hydrogen-bond donors (Lipinski definition) is 1. The molecule has 1 rings (SSSR count).